The highest BCUT2D eigenvalue weighted by molar-refractivity contribution is 5.94. The number of piperazine rings is 1. The number of nitrogens with zero attached hydrogens (tertiary/aromatic N) is 3. The zero-order chi connectivity index (χ0) is 22.5. The molecule has 2 unspecified atom stereocenters. The number of hydrogen-bond donors (Lipinski definition) is 0. The van der Waals surface area contributed by atoms with Crippen molar-refractivity contribution in [2.45, 2.75) is 39.7 Å². The number of likely N-dealkylation sites (tertiary alicyclic amines) is 1. The molecule has 0 aliphatic carbocycles. The summed E-state index contributed by atoms with van der Waals surface area (Å²) in [6.07, 6.45) is 1.55. The Morgan fingerprint density at radius 1 is 1.16 bits per heavy atom. The zero-order valence-electron chi connectivity index (χ0n) is 18.6. The van der Waals surface area contributed by atoms with Crippen molar-refractivity contribution < 1.29 is 23.5 Å². The molecule has 2 aliphatic heterocycles. The third kappa shape index (κ3) is 5.42. The summed E-state index contributed by atoms with van der Waals surface area (Å²) in [4.78, 5) is 42.4. The normalized spacial score (nSPS) is 21.0. The summed E-state index contributed by atoms with van der Waals surface area (Å²) in [5, 5.41) is 0. The van der Waals surface area contributed by atoms with Crippen LogP contribution < -0.4 is 4.90 Å². The van der Waals surface area contributed by atoms with E-state index in [-0.39, 0.29) is 29.6 Å². The molecule has 1 aromatic rings. The fourth-order valence-electron chi connectivity index (χ4n) is 4.38. The molecule has 2 fully saturated rings. The summed E-state index contributed by atoms with van der Waals surface area (Å²) in [5.41, 5.74) is 0.846. The second-order valence-corrected chi connectivity index (χ2v) is 8.30. The number of esters is 1. The minimum Gasteiger partial charge on any atom is -0.466 e. The van der Waals surface area contributed by atoms with Gasteiger partial charge >= 0.3 is 5.97 Å². The summed E-state index contributed by atoms with van der Waals surface area (Å²) < 4.78 is 19.6. The summed E-state index contributed by atoms with van der Waals surface area (Å²) in [6.45, 7) is 8.99. The van der Waals surface area contributed by atoms with Crippen molar-refractivity contribution in [3.05, 3.63) is 29.6 Å². The molecule has 3 rings (SSSR count). The van der Waals surface area contributed by atoms with Gasteiger partial charge in [-0.15, -0.1) is 0 Å². The number of ether oxygens (including phenoxy) is 1. The highest BCUT2D eigenvalue weighted by atomic mass is 19.1. The molecule has 0 saturated carbocycles. The van der Waals surface area contributed by atoms with Crippen molar-refractivity contribution in [2.75, 3.05) is 50.8 Å². The van der Waals surface area contributed by atoms with E-state index in [0.29, 0.717) is 57.1 Å². The number of Topliss-reactive ketones (excluding diaryl/α,β-unsaturated/α-hetero) is 1. The number of carbonyl (C=O) groups is 3. The van der Waals surface area contributed by atoms with Crippen LogP contribution in [-0.2, 0) is 14.3 Å². The van der Waals surface area contributed by atoms with Gasteiger partial charge in [0.05, 0.1) is 24.3 Å². The number of ketones is 1. The average molecular weight is 434 g/mol. The minimum absolute atomic E-state index is 0.0273. The first-order valence-electron chi connectivity index (χ1n) is 11.1. The zero-order valence-corrected chi connectivity index (χ0v) is 18.6. The lowest BCUT2D eigenvalue weighted by Gasteiger charge is -2.41. The van der Waals surface area contributed by atoms with Gasteiger partial charge in [0, 0.05) is 44.8 Å². The number of piperidine rings is 1. The molecule has 0 radical (unpaired) electrons. The highest BCUT2D eigenvalue weighted by Crippen LogP contribution is 2.24. The van der Waals surface area contributed by atoms with Gasteiger partial charge < -0.3 is 14.5 Å². The van der Waals surface area contributed by atoms with Crippen LogP contribution in [0.5, 0.6) is 0 Å². The molecule has 2 aliphatic rings. The van der Waals surface area contributed by atoms with Crippen LogP contribution in [0.25, 0.3) is 0 Å². The molecule has 170 valence electrons. The predicted octanol–water partition coefficient (Wildman–Crippen LogP) is 2.34. The van der Waals surface area contributed by atoms with E-state index in [1.165, 1.54) is 13.0 Å². The topological polar surface area (TPSA) is 70.2 Å². The molecule has 31 heavy (non-hydrogen) atoms. The lowest BCUT2D eigenvalue weighted by Crippen LogP contribution is -2.56. The predicted molar refractivity (Wildman–Crippen MR) is 116 cm³/mol. The Bertz CT molecular complexity index is 823. The first kappa shape index (κ1) is 23.2. The summed E-state index contributed by atoms with van der Waals surface area (Å²) >= 11 is 0. The molecule has 0 aromatic heterocycles. The minimum atomic E-state index is -0.399. The highest BCUT2D eigenvalue weighted by Gasteiger charge is 2.34. The van der Waals surface area contributed by atoms with Gasteiger partial charge in [0.2, 0.25) is 5.91 Å². The molecule has 8 heteroatoms. The van der Waals surface area contributed by atoms with Crippen LogP contribution in [0.2, 0.25) is 0 Å². The van der Waals surface area contributed by atoms with E-state index < -0.39 is 5.82 Å². The molecule has 0 spiro atoms. The lowest BCUT2D eigenvalue weighted by molar-refractivity contribution is -0.152. The number of rotatable bonds is 6. The smallest absolute Gasteiger partial charge is 0.310 e. The fourth-order valence-corrected chi connectivity index (χ4v) is 4.38. The van der Waals surface area contributed by atoms with Crippen molar-refractivity contribution in [1.29, 1.82) is 0 Å². The van der Waals surface area contributed by atoms with Crippen LogP contribution >= 0.6 is 0 Å². The van der Waals surface area contributed by atoms with Crippen molar-refractivity contribution >= 4 is 23.3 Å². The monoisotopic (exact) mass is 433 g/mol. The number of hydrogen-bond acceptors (Lipinski definition) is 6. The molecule has 0 N–H and O–H groups in total. The molecule has 7 nitrogen and oxygen atoms in total. The Labute approximate surface area is 183 Å². The third-order valence-electron chi connectivity index (χ3n) is 6.27. The SMILES string of the molecule is CCOC(=O)C1CCCN(C(=O)C(C)N2CCN(c3ccc(C(C)=O)cc3F)CC2)C1. The Hall–Kier alpha value is -2.48. The second-order valence-electron chi connectivity index (χ2n) is 8.30. The van der Waals surface area contributed by atoms with Crippen LogP contribution in [0.1, 0.15) is 44.0 Å². The largest absolute Gasteiger partial charge is 0.466 e. The van der Waals surface area contributed by atoms with E-state index in [1.807, 2.05) is 11.8 Å². The number of halogens is 1. The maximum Gasteiger partial charge on any atom is 0.310 e. The maximum absolute atomic E-state index is 14.5. The van der Waals surface area contributed by atoms with Crippen molar-refractivity contribution in [1.82, 2.24) is 9.80 Å². The van der Waals surface area contributed by atoms with Crippen LogP contribution in [0.4, 0.5) is 10.1 Å². The Balaban J connectivity index is 1.56. The molecular formula is C23H32FN3O4. The van der Waals surface area contributed by atoms with Gasteiger partial charge in [-0.05, 0) is 51.8 Å². The molecule has 1 aromatic carbocycles. The van der Waals surface area contributed by atoms with Gasteiger partial charge in [0.1, 0.15) is 5.82 Å². The number of benzene rings is 1. The number of carbonyl (C=O) groups excluding carboxylic acids is 3. The van der Waals surface area contributed by atoms with Gasteiger partial charge in [-0.25, -0.2) is 4.39 Å². The Morgan fingerprint density at radius 2 is 1.87 bits per heavy atom. The molecule has 2 heterocycles. The Morgan fingerprint density at radius 3 is 2.48 bits per heavy atom. The first-order valence-corrected chi connectivity index (χ1v) is 11.1. The van der Waals surface area contributed by atoms with Gasteiger partial charge in [-0.1, -0.05) is 0 Å². The third-order valence-corrected chi connectivity index (χ3v) is 6.27. The number of anilines is 1. The number of amides is 1. The van der Waals surface area contributed by atoms with Gasteiger partial charge in [0.25, 0.3) is 0 Å². The quantitative estimate of drug-likeness (QED) is 0.507. The Kier molecular flexibility index (Phi) is 7.64. The average Bonchev–Trinajstić information content (AvgIpc) is 2.78. The summed E-state index contributed by atoms with van der Waals surface area (Å²) in [7, 11) is 0. The van der Waals surface area contributed by atoms with E-state index in [4.69, 9.17) is 4.74 Å². The standard InChI is InChI=1S/C23H32FN3O4/c1-4-31-23(30)19-6-5-9-27(15-19)22(29)16(2)25-10-12-26(13-11-25)21-8-7-18(17(3)28)14-20(21)24/h7-8,14,16,19H,4-6,9-13,15H2,1-3H3. The molecular weight excluding hydrogens is 401 g/mol. The van der Waals surface area contributed by atoms with Crippen LogP contribution in [-0.4, -0.2) is 79.4 Å². The van der Waals surface area contributed by atoms with Gasteiger partial charge in [0.15, 0.2) is 5.78 Å². The first-order chi connectivity index (χ1) is 14.8. The lowest BCUT2D eigenvalue weighted by atomic mass is 9.97. The van der Waals surface area contributed by atoms with E-state index in [9.17, 15) is 18.8 Å². The van der Waals surface area contributed by atoms with Gasteiger partial charge in [-0.3, -0.25) is 19.3 Å². The summed E-state index contributed by atoms with van der Waals surface area (Å²) in [5.74, 6) is -1.00. The van der Waals surface area contributed by atoms with E-state index in [1.54, 1.807) is 24.0 Å². The molecule has 2 atom stereocenters. The molecule has 1 amide bonds. The van der Waals surface area contributed by atoms with Crippen molar-refractivity contribution in [3.63, 3.8) is 0 Å². The van der Waals surface area contributed by atoms with Crippen LogP contribution in [0, 0.1) is 11.7 Å². The fraction of sp³-hybridized carbons (Fsp3) is 0.609. The molecule has 0 bridgehead atoms. The van der Waals surface area contributed by atoms with Crippen molar-refractivity contribution in [2.24, 2.45) is 5.92 Å². The van der Waals surface area contributed by atoms with E-state index in [0.717, 1.165) is 12.8 Å². The molecule has 2 saturated heterocycles. The van der Waals surface area contributed by atoms with Crippen LogP contribution in [0.3, 0.4) is 0 Å². The van der Waals surface area contributed by atoms with Crippen LogP contribution in [0.15, 0.2) is 18.2 Å². The van der Waals surface area contributed by atoms with E-state index in [2.05, 4.69) is 4.90 Å². The maximum atomic E-state index is 14.5. The second kappa shape index (κ2) is 10.2. The van der Waals surface area contributed by atoms with E-state index >= 15 is 0 Å². The summed E-state index contributed by atoms with van der Waals surface area (Å²) in [6, 6.07) is 4.29. The van der Waals surface area contributed by atoms with Crippen molar-refractivity contribution in [3.8, 4) is 0 Å². The van der Waals surface area contributed by atoms with Gasteiger partial charge in [-0.2, -0.15) is 0 Å².